The van der Waals surface area contributed by atoms with Gasteiger partial charge in [0.15, 0.2) is 5.82 Å². The lowest BCUT2D eigenvalue weighted by molar-refractivity contribution is 0.198. The Balaban J connectivity index is 1.51. The van der Waals surface area contributed by atoms with Gasteiger partial charge < -0.3 is 5.32 Å². The van der Waals surface area contributed by atoms with Crippen molar-refractivity contribution in [3.63, 3.8) is 0 Å². The molecular weight excluding hydrogens is 338 g/mol. The molecule has 0 saturated carbocycles. The van der Waals surface area contributed by atoms with Gasteiger partial charge in [-0.3, -0.25) is 14.6 Å². The van der Waals surface area contributed by atoms with Crippen molar-refractivity contribution >= 4 is 11.6 Å². The zero-order chi connectivity index (χ0) is 18.6. The van der Waals surface area contributed by atoms with Crippen molar-refractivity contribution in [2.24, 2.45) is 7.05 Å². The van der Waals surface area contributed by atoms with E-state index in [1.807, 2.05) is 37.0 Å². The fraction of sp³-hybridized carbons (Fsp3) is 0.400. The molecule has 4 rings (SSSR count). The Hall–Kier alpha value is -2.80. The molecule has 4 heterocycles. The zero-order valence-electron chi connectivity index (χ0n) is 15.8. The van der Waals surface area contributed by atoms with E-state index in [4.69, 9.17) is 0 Å². The van der Waals surface area contributed by atoms with Crippen LogP contribution in [-0.4, -0.2) is 42.7 Å². The molecule has 1 saturated heterocycles. The number of nitrogens with zero attached hydrogens (tertiary/aromatic N) is 6. The monoisotopic (exact) mass is 363 g/mol. The highest BCUT2D eigenvalue weighted by Gasteiger charge is 2.25. The molecule has 1 aliphatic heterocycles. The summed E-state index contributed by atoms with van der Waals surface area (Å²) in [5.41, 5.74) is 3.37. The Kier molecular flexibility index (Phi) is 5.11. The second-order valence-electron chi connectivity index (χ2n) is 7.18. The van der Waals surface area contributed by atoms with E-state index >= 15 is 0 Å². The molecule has 1 unspecified atom stereocenters. The summed E-state index contributed by atoms with van der Waals surface area (Å²) in [4.78, 5) is 16.2. The van der Waals surface area contributed by atoms with E-state index in [9.17, 15) is 0 Å². The van der Waals surface area contributed by atoms with Crippen molar-refractivity contribution < 1.29 is 0 Å². The number of likely N-dealkylation sites (tertiary alicyclic amines) is 1. The first-order valence-corrected chi connectivity index (χ1v) is 9.38. The van der Waals surface area contributed by atoms with E-state index < -0.39 is 0 Å². The normalized spacial score (nSPS) is 17.8. The van der Waals surface area contributed by atoms with E-state index in [2.05, 4.69) is 36.5 Å². The van der Waals surface area contributed by atoms with Gasteiger partial charge in [0.2, 0.25) is 0 Å². The molecule has 0 spiro atoms. The van der Waals surface area contributed by atoms with E-state index in [1.165, 1.54) is 5.56 Å². The fourth-order valence-corrected chi connectivity index (χ4v) is 3.71. The molecule has 140 valence electrons. The van der Waals surface area contributed by atoms with Crippen LogP contribution in [-0.2, 0) is 13.6 Å². The largest absolute Gasteiger partial charge is 0.323 e. The van der Waals surface area contributed by atoms with Gasteiger partial charge in [0.05, 0.1) is 11.9 Å². The van der Waals surface area contributed by atoms with Gasteiger partial charge in [-0.15, -0.1) is 0 Å². The summed E-state index contributed by atoms with van der Waals surface area (Å²) in [7, 11) is 1.96. The number of aromatic nitrogens is 5. The molecule has 1 N–H and O–H groups in total. The molecule has 3 aromatic heterocycles. The molecule has 0 bridgehead atoms. The van der Waals surface area contributed by atoms with Crippen molar-refractivity contribution in [1.29, 1.82) is 0 Å². The summed E-state index contributed by atoms with van der Waals surface area (Å²) in [6.45, 7) is 5.05. The predicted octanol–water partition coefficient (Wildman–Crippen LogP) is 3.04. The van der Waals surface area contributed by atoms with Crippen LogP contribution in [0.15, 0.2) is 43.1 Å². The summed E-state index contributed by atoms with van der Waals surface area (Å²) in [6.07, 6.45) is 11.6. The molecule has 7 nitrogen and oxygen atoms in total. The van der Waals surface area contributed by atoms with Gasteiger partial charge in [-0.05, 0) is 37.9 Å². The third-order valence-corrected chi connectivity index (χ3v) is 5.03. The van der Waals surface area contributed by atoms with Crippen LogP contribution in [0.1, 0.15) is 35.6 Å². The van der Waals surface area contributed by atoms with Gasteiger partial charge in [0, 0.05) is 56.4 Å². The fourth-order valence-electron chi connectivity index (χ4n) is 3.71. The standard InChI is InChI=1S/C20H25N7/c1-15-5-3-7-22-19(15)25-20-18(21-8-9-23-20)17-6-4-10-27(14-17)13-16-11-24-26(2)12-16/h3,5,7-9,11-12,17H,4,6,10,13-14H2,1-2H3,(H,22,23,25). The minimum atomic E-state index is 0.357. The van der Waals surface area contributed by atoms with Crippen LogP contribution in [0.5, 0.6) is 0 Å². The maximum atomic E-state index is 4.68. The van der Waals surface area contributed by atoms with Crippen LogP contribution < -0.4 is 5.32 Å². The van der Waals surface area contributed by atoms with E-state index in [1.54, 1.807) is 18.6 Å². The maximum absolute atomic E-state index is 4.68. The number of piperidine rings is 1. The number of hydrogen-bond acceptors (Lipinski definition) is 6. The highest BCUT2D eigenvalue weighted by molar-refractivity contribution is 5.57. The Bertz CT molecular complexity index is 905. The summed E-state index contributed by atoms with van der Waals surface area (Å²) in [6, 6.07) is 3.98. The first-order valence-electron chi connectivity index (χ1n) is 9.38. The third kappa shape index (κ3) is 4.14. The van der Waals surface area contributed by atoms with Crippen molar-refractivity contribution in [3.8, 4) is 0 Å². The lowest BCUT2D eigenvalue weighted by Crippen LogP contribution is -2.34. The average molecular weight is 363 g/mol. The molecular formula is C20H25N7. The first kappa shape index (κ1) is 17.6. The second-order valence-corrected chi connectivity index (χ2v) is 7.18. The predicted molar refractivity (Wildman–Crippen MR) is 105 cm³/mol. The lowest BCUT2D eigenvalue weighted by Gasteiger charge is -2.32. The SMILES string of the molecule is Cc1cccnc1Nc1nccnc1C1CCCN(Cc2cnn(C)c2)C1. The van der Waals surface area contributed by atoms with Gasteiger partial charge >= 0.3 is 0 Å². The third-order valence-electron chi connectivity index (χ3n) is 5.03. The molecule has 3 aromatic rings. The molecule has 0 radical (unpaired) electrons. The minimum absolute atomic E-state index is 0.357. The molecule has 1 atom stereocenters. The van der Waals surface area contributed by atoms with Crippen LogP contribution in [0.3, 0.4) is 0 Å². The van der Waals surface area contributed by atoms with Gasteiger partial charge in [0.25, 0.3) is 0 Å². The summed E-state index contributed by atoms with van der Waals surface area (Å²) in [5, 5.41) is 7.67. The number of anilines is 2. The topological polar surface area (TPSA) is 71.8 Å². The Morgan fingerprint density at radius 2 is 2.00 bits per heavy atom. The van der Waals surface area contributed by atoms with Crippen LogP contribution >= 0.6 is 0 Å². The van der Waals surface area contributed by atoms with Crippen LogP contribution in [0, 0.1) is 6.92 Å². The van der Waals surface area contributed by atoms with Crippen molar-refractivity contribution in [2.45, 2.75) is 32.2 Å². The van der Waals surface area contributed by atoms with Crippen LogP contribution in [0.4, 0.5) is 11.6 Å². The average Bonchev–Trinajstić information content (AvgIpc) is 3.09. The summed E-state index contributed by atoms with van der Waals surface area (Å²) >= 11 is 0. The Labute approximate surface area is 159 Å². The lowest BCUT2D eigenvalue weighted by atomic mass is 9.94. The number of nitrogens with one attached hydrogen (secondary N) is 1. The summed E-state index contributed by atoms with van der Waals surface area (Å²) in [5.74, 6) is 2.01. The smallest absolute Gasteiger partial charge is 0.153 e. The minimum Gasteiger partial charge on any atom is -0.323 e. The molecule has 27 heavy (non-hydrogen) atoms. The highest BCUT2D eigenvalue weighted by atomic mass is 15.2. The van der Waals surface area contributed by atoms with Crippen molar-refractivity contribution in [1.82, 2.24) is 29.6 Å². The Morgan fingerprint density at radius 1 is 1.15 bits per heavy atom. The number of pyridine rings is 1. The quantitative estimate of drug-likeness (QED) is 0.751. The number of rotatable bonds is 5. The van der Waals surface area contributed by atoms with E-state index in [0.717, 1.165) is 55.4 Å². The molecule has 0 aliphatic carbocycles. The molecule has 7 heteroatoms. The molecule has 0 aromatic carbocycles. The number of hydrogen-bond donors (Lipinski definition) is 1. The van der Waals surface area contributed by atoms with Crippen molar-refractivity contribution in [3.05, 3.63) is 59.9 Å². The van der Waals surface area contributed by atoms with Gasteiger partial charge in [-0.25, -0.2) is 9.97 Å². The van der Waals surface area contributed by atoms with E-state index in [-0.39, 0.29) is 0 Å². The maximum Gasteiger partial charge on any atom is 0.153 e. The van der Waals surface area contributed by atoms with Gasteiger partial charge in [0.1, 0.15) is 5.82 Å². The zero-order valence-corrected chi connectivity index (χ0v) is 15.8. The van der Waals surface area contributed by atoms with Gasteiger partial charge in [-0.2, -0.15) is 5.10 Å². The van der Waals surface area contributed by atoms with E-state index in [0.29, 0.717) is 5.92 Å². The first-order chi connectivity index (χ1) is 13.2. The second kappa shape index (κ2) is 7.84. The number of aryl methyl sites for hydroxylation is 2. The highest BCUT2D eigenvalue weighted by Crippen LogP contribution is 2.31. The van der Waals surface area contributed by atoms with Crippen LogP contribution in [0.2, 0.25) is 0 Å². The Morgan fingerprint density at radius 3 is 2.81 bits per heavy atom. The summed E-state index contributed by atoms with van der Waals surface area (Å²) < 4.78 is 1.86. The van der Waals surface area contributed by atoms with Gasteiger partial charge in [-0.1, -0.05) is 6.07 Å². The van der Waals surface area contributed by atoms with Crippen molar-refractivity contribution in [2.75, 3.05) is 18.4 Å². The van der Waals surface area contributed by atoms with Crippen LogP contribution in [0.25, 0.3) is 0 Å². The molecule has 0 amide bonds. The molecule has 1 aliphatic rings. The molecule has 1 fully saturated rings.